The number of likely N-dealkylation sites (tertiary alicyclic amines) is 1. The van der Waals surface area contributed by atoms with Crippen LogP contribution < -0.4 is 16.2 Å². The molecule has 2 rings (SSSR count). The summed E-state index contributed by atoms with van der Waals surface area (Å²) in [6, 6.07) is 6.56. The monoisotopic (exact) mass is 385 g/mol. The van der Waals surface area contributed by atoms with Gasteiger partial charge >= 0.3 is 0 Å². The Morgan fingerprint density at radius 1 is 1.12 bits per heavy atom. The van der Waals surface area contributed by atoms with E-state index in [0.717, 1.165) is 32.4 Å². The van der Waals surface area contributed by atoms with Gasteiger partial charge in [-0.15, -0.1) is 12.4 Å². The van der Waals surface area contributed by atoms with Crippen molar-refractivity contribution < 1.29 is 19.1 Å². The lowest BCUT2D eigenvalue weighted by Gasteiger charge is -2.32. The van der Waals surface area contributed by atoms with E-state index in [1.54, 1.807) is 24.3 Å². The molecule has 1 aromatic rings. The molecule has 8 heteroatoms. The van der Waals surface area contributed by atoms with Gasteiger partial charge in [0.1, 0.15) is 5.75 Å². The van der Waals surface area contributed by atoms with Gasteiger partial charge in [-0.3, -0.25) is 9.59 Å². The molecule has 0 spiro atoms. The number of carbonyl (C=O) groups is 2. The van der Waals surface area contributed by atoms with E-state index >= 15 is 0 Å². The second-order valence-electron chi connectivity index (χ2n) is 6.08. The van der Waals surface area contributed by atoms with Crippen molar-refractivity contribution in [2.24, 2.45) is 11.5 Å². The lowest BCUT2D eigenvalue weighted by Crippen LogP contribution is -2.41. The van der Waals surface area contributed by atoms with Crippen LogP contribution in [-0.4, -0.2) is 55.7 Å². The van der Waals surface area contributed by atoms with Crippen molar-refractivity contribution in [2.45, 2.75) is 31.8 Å². The van der Waals surface area contributed by atoms with Crippen molar-refractivity contribution in [1.82, 2.24) is 4.90 Å². The van der Waals surface area contributed by atoms with E-state index in [2.05, 4.69) is 0 Å². The third kappa shape index (κ3) is 7.19. The topological polar surface area (TPSA) is 108 Å². The van der Waals surface area contributed by atoms with Crippen LogP contribution in [0.25, 0.3) is 0 Å². The van der Waals surface area contributed by atoms with Gasteiger partial charge in [-0.2, -0.15) is 0 Å². The average Bonchev–Trinajstić information content (AvgIpc) is 2.63. The van der Waals surface area contributed by atoms with Gasteiger partial charge in [-0.05, 0) is 50.1 Å². The number of rotatable bonds is 9. The van der Waals surface area contributed by atoms with Crippen LogP contribution >= 0.6 is 12.4 Å². The van der Waals surface area contributed by atoms with E-state index in [0.29, 0.717) is 37.5 Å². The van der Waals surface area contributed by atoms with E-state index < -0.39 is 5.91 Å². The molecule has 1 heterocycles. The third-order valence-electron chi connectivity index (χ3n) is 4.22. The lowest BCUT2D eigenvalue weighted by molar-refractivity contribution is -0.134. The summed E-state index contributed by atoms with van der Waals surface area (Å²) < 4.78 is 11.3. The van der Waals surface area contributed by atoms with E-state index in [1.807, 2.05) is 4.90 Å². The molecule has 4 N–H and O–H groups in total. The Kier molecular flexibility index (Phi) is 10.0. The first-order valence-electron chi connectivity index (χ1n) is 8.72. The molecule has 0 radical (unpaired) electrons. The highest BCUT2D eigenvalue weighted by atomic mass is 35.5. The smallest absolute Gasteiger partial charge is 0.248 e. The molecule has 146 valence electrons. The predicted molar refractivity (Wildman–Crippen MR) is 102 cm³/mol. The van der Waals surface area contributed by atoms with E-state index in [-0.39, 0.29) is 24.4 Å². The van der Waals surface area contributed by atoms with Crippen molar-refractivity contribution in [2.75, 3.05) is 32.8 Å². The molecule has 0 aliphatic carbocycles. The summed E-state index contributed by atoms with van der Waals surface area (Å²) in [5.74, 6) is 0.233. The number of hydrogen-bond donors (Lipinski definition) is 2. The first-order valence-corrected chi connectivity index (χ1v) is 8.72. The highest BCUT2D eigenvalue weighted by Crippen LogP contribution is 2.16. The summed E-state index contributed by atoms with van der Waals surface area (Å²) >= 11 is 0. The number of amides is 2. The molecule has 0 bridgehead atoms. The zero-order valence-electron chi connectivity index (χ0n) is 14.9. The molecular formula is C18H28ClN3O4. The average molecular weight is 386 g/mol. The molecule has 1 aliphatic rings. The minimum atomic E-state index is -0.475. The van der Waals surface area contributed by atoms with Crippen LogP contribution in [0.1, 0.15) is 36.0 Å². The molecule has 0 saturated carbocycles. The maximum atomic E-state index is 12.2. The first kappa shape index (κ1) is 22.2. The SMILES string of the molecule is Cl.NCCCOC1CCN(C(=O)CCOc2ccc(C(N)=O)cc2)CC1. The number of benzene rings is 1. The third-order valence-corrected chi connectivity index (χ3v) is 4.22. The van der Waals surface area contributed by atoms with Gasteiger partial charge in [-0.1, -0.05) is 0 Å². The molecule has 0 atom stereocenters. The molecule has 1 fully saturated rings. The Bertz CT molecular complexity index is 560. The molecule has 2 amide bonds. The van der Waals surface area contributed by atoms with E-state index in [1.165, 1.54) is 0 Å². The van der Waals surface area contributed by atoms with Crippen molar-refractivity contribution in [3.8, 4) is 5.75 Å². The number of piperidine rings is 1. The van der Waals surface area contributed by atoms with Crippen LogP contribution in [0.3, 0.4) is 0 Å². The zero-order valence-corrected chi connectivity index (χ0v) is 15.7. The number of halogens is 1. The van der Waals surface area contributed by atoms with Crippen molar-refractivity contribution in [1.29, 1.82) is 0 Å². The molecule has 0 aromatic heterocycles. The predicted octanol–water partition coefficient (Wildman–Crippen LogP) is 1.33. The van der Waals surface area contributed by atoms with E-state index in [9.17, 15) is 9.59 Å². The van der Waals surface area contributed by atoms with Crippen LogP contribution in [0, 0.1) is 0 Å². The number of ether oxygens (including phenoxy) is 2. The van der Waals surface area contributed by atoms with Crippen LogP contribution in [-0.2, 0) is 9.53 Å². The Morgan fingerprint density at radius 3 is 2.35 bits per heavy atom. The normalized spacial score (nSPS) is 14.6. The fourth-order valence-electron chi connectivity index (χ4n) is 2.73. The standard InChI is InChI=1S/C18H27N3O4.ClH/c19-9-1-12-24-16-6-10-21(11-7-16)17(22)8-13-25-15-4-2-14(3-5-15)18(20)23;/h2-5,16H,1,6-13,19H2,(H2,20,23);1H. The highest BCUT2D eigenvalue weighted by Gasteiger charge is 2.22. The number of primary amides is 1. The maximum absolute atomic E-state index is 12.2. The largest absolute Gasteiger partial charge is 0.493 e. The van der Waals surface area contributed by atoms with Crippen molar-refractivity contribution >= 4 is 24.2 Å². The fourth-order valence-corrected chi connectivity index (χ4v) is 2.73. The maximum Gasteiger partial charge on any atom is 0.248 e. The quantitative estimate of drug-likeness (QED) is 0.623. The highest BCUT2D eigenvalue weighted by molar-refractivity contribution is 5.92. The zero-order chi connectivity index (χ0) is 18.1. The van der Waals surface area contributed by atoms with Gasteiger partial charge in [0.25, 0.3) is 0 Å². The number of carbonyl (C=O) groups excluding carboxylic acids is 2. The lowest BCUT2D eigenvalue weighted by atomic mass is 10.1. The summed E-state index contributed by atoms with van der Waals surface area (Å²) in [6.45, 7) is 3.08. The summed E-state index contributed by atoms with van der Waals surface area (Å²) in [4.78, 5) is 25.1. The minimum absolute atomic E-state index is 0. The fraction of sp³-hybridized carbons (Fsp3) is 0.556. The molecular weight excluding hydrogens is 358 g/mol. The van der Waals surface area contributed by atoms with Crippen molar-refractivity contribution in [3.63, 3.8) is 0 Å². The number of nitrogens with two attached hydrogens (primary N) is 2. The Balaban J connectivity index is 0.00000338. The molecule has 0 unspecified atom stereocenters. The second-order valence-corrected chi connectivity index (χ2v) is 6.08. The van der Waals surface area contributed by atoms with Gasteiger partial charge in [0.05, 0.1) is 19.1 Å². The van der Waals surface area contributed by atoms with Crippen LogP contribution in [0.4, 0.5) is 0 Å². The summed E-state index contributed by atoms with van der Waals surface area (Å²) in [5, 5.41) is 0. The first-order chi connectivity index (χ1) is 12.1. The molecule has 1 saturated heterocycles. The number of hydrogen-bond acceptors (Lipinski definition) is 5. The summed E-state index contributed by atoms with van der Waals surface area (Å²) in [6.07, 6.45) is 3.17. The van der Waals surface area contributed by atoms with E-state index in [4.69, 9.17) is 20.9 Å². The molecule has 26 heavy (non-hydrogen) atoms. The molecule has 1 aromatic carbocycles. The van der Waals surface area contributed by atoms with Crippen LogP contribution in [0.15, 0.2) is 24.3 Å². The molecule has 1 aliphatic heterocycles. The molecule has 7 nitrogen and oxygen atoms in total. The number of nitrogens with zero attached hydrogens (tertiary/aromatic N) is 1. The van der Waals surface area contributed by atoms with Gasteiger partial charge in [0.15, 0.2) is 0 Å². The van der Waals surface area contributed by atoms with Crippen molar-refractivity contribution in [3.05, 3.63) is 29.8 Å². The van der Waals surface area contributed by atoms with Crippen LogP contribution in [0.2, 0.25) is 0 Å². The summed E-state index contributed by atoms with van der Waals surface area (Å²) in [7, 11) is 0. The Labute approximate surface area is 160 Å². The van der Waals surface area contributed by atoms with Gasteiger partial charge in [0, 0.05) is 25.3 Å². The Morgan fingerprint density at radius 2 is 1.77 bits per heavy atom. The summed E-state index contributed by atoms with van der Waals surface area (Å²) in [5.41, 5.74) is 11.1. The van der Waals surface area contributed by atoms with Gasteiger partial charge in [0.2, 0.25) is 11.8 Å². The van der Waals surface area contributed by atoms with Crippen LogP contribution in [0.5, 0.6) is 5.75 Å². The Hall–Kier alpha value is -1.83. The second kappa shape index (κ2) is 11.7. The minimum Gasteiger partial charge on any atom is -0.493 e. The van der Waals surface area contributed by atoms with Gasteiger partial charge in [-0.25, -0.2) is 0 Å². The van der Waals surface area contributed by atoms with Gasteiger partial charge < -0.3 is 25.8 Å².